The van der Waals surface area contributed by atoms with Gasteiger partial charge in [-0.2, -0.15) is 5.10 Å². The van der Waals surface area contributed by atoms with Gasteiger partial charge in [0.1, 0.15) is 5.82 Å². The summed E-state index contributed by atoms with van der Waals surface area (Å²) >= 11 is 0. The van der Waals surface area contributed by atoms with Gasteiger partial charge >= 0.3 is 0 Å². The zero-order valence-corrected chi connectivity index (χ0v) is 16.1. The van der Waals surface area contributed by atoms with Gasteiger partial charge in [-0.3, -0.25) is 5.10 Å². The molecule has 0 amide bonds. The number of benzene rings is 1. The topological polar surface area (TPSA) is 104 Å². The van der Waals surface area contributed by atoms with E-state index in [2.05, 4.69) is 16.8 Å². The molecule has 0 saturated heterocycles. The first-order valence-electron chi connectivity index (χ1n) is 9.24. The summed E-state index contributed by atoms with van der Waals surface area (Å²) < 4.78 is 13.4. The molecule has 1 aromatic heterocycles. The third-order valence-corrected chi connectivity index (χ3v) is 4.34. The van der Waals surface area contributed by atoms with Gasteiger partial charge in [-0.15, -0.1) is 0 Å². The molecule has 0 spiro atoms. The van der Waals surface area contributed by atoms with E-state index in [4.69, 9.17) is 11.5 Å². The molecule has 0 fully saturated rings. The van der Waals surface area contributed by atoms with Gasteiger partial charge in [-0.05, 0) is 48.5 Å². The Balaban J connectivity index is 2.66. The smallest absolute Gasteiger partial charge is 0.159 e. The average Bonchev–Trinajstić information content (AvgIpc) is 3.12. The Morgan fingerprint density at radius 3 is 2.68 bits per heavy atom. The number of H-pyrrole nitrogens is 1. The molecular weight excluding hydrogens is 357 g/mol. The largest absolute Gasteiger partial charge is 0.405 e. The summed E-state index contributed by atoms with van der Waals surface area (Å²) in [5.41, 5.74) is 14.5. The number of aromatic amines is 1. The van der Waals surface area contributed by atoms with E-state index in [1.54, 1.807) is 24.3 Å². The molecule has 2 aromatic rings. The molecular formula is C21H28FN5O. The molecule has 1 atom stereocenters. The number of nitrogens with one attached hydrogen (secondary N) is 1. The molecule has 150 valence electrons. The molecule has 6 N–H and O–H groups in total. The maximum Gasteiger partial charge on any atom is 0.159 e. The van der Waals surface area contributed by atoms with E-state index >= 15 is 0 Å². The number of halogens is 1. The normalized spacial score (nSPS) is 13.1. The van der Waals surface area contributed by atoms with Gasteiger partial charge in [0.25, 0.3) is 0 Å². The summed E-state index contributed by atoms with van der Waals surface area (Å²) in [5, 5.41) is 17.7. The van der Waals surface area contributed by atoms with Gasteiger partial charge in [0, 0.05) is 25.2 Å². The van der Waals surface area contributed by atoms with E-state index in [-0.39, 0.29) is 5.82 Å². The highest BCUT2D eigenvalue weighted by Crippen LogP contribution is 2.35. The summed E-state index contributed by atoms with van der Waals surface area (Å²) in [6, 6.07) is 6.16. The molecule has 0 aliphatic heterocycles. The van der Waals surface area contributed by atoms with Crippen LogP contribution in [0.2, 0.25) is 0 Å². The number of anilines is 1. The summed E-state index contributed by atoms with van der Waals surface area (Å²) in [4.78, 5) is 1.94. The minimum absolute atomic E-state index is 0.315. The van der Waals surface area contributed by atoms with Gasteiger partial charge in [0.05, 0.1) is 17.4 Å². The number of aromatic nitrogens is 2. The van der Waals surface area contributed by atoms with Crippen LogP contribution in [0.4, 0.5) is 10.2 Å². The molecule has 1 unspecified atom stereocenters. The lowest BCUT2D eigenvalue weighted by molar-refractivity contribution is 0.175. The van der Waals surface area contributed by atoms with Crippen LogP contribution in [-0.2, 0) is 0 Å². The number of aliphatic hydroxyl groups excluding tert-OH is 1. The number of hydrogen-bond acceptors (Lipinski definition) is 5. The molecule has 28 heavy (non-hydrogen) atoms. The number of aliphatic hydroxyl groups is 1. The van der Waals surface area contributed by atoms with Gasteiger partial charge in [0.2, 0.25) is 0 Å². The van der Waals surface area contributed by atoms with Gasteiger partial charge < -0.3 is 21.5 Å². The Morgan fingerprint density at radius 1 is 1.39 bits per heavy atom. The third kappa shape index (κ3) is 5.09. The minimum atomic E-state index is -0.512. The lowest BCUT2D eigenvalue weighted by atomic mass is 9.99. The van der Waals surface area contributed by atoms with E-state index in [0.717, 1.165) is 16.7 Å². The SMILES string of the molecule is C=C/C=C(\C=C/N)c1c(N(CCN)CC(O)CC)n[nH]c1-c1ccc(F)cc1. The molecule has 7 heteroatoms. The van der Waals surface area contributed by atoms with Crippen LogP contribution >= 0.6 is 0 Å². The summed E-state index contributed by atoms with van der Waals surface area (Å²) in [7, 11) is 0. The molecule has 0 aliphatic rings. The van der Waals surface area contributed by atoms with Crippen molar-refractivity contribution in [2.45, 2.75) is 19.4 Å². The van der Waals surface area contributed by atoms with Crippen LogP contribution in [0.5, 0.6) is 0 Å². The van der Waals surface area contributed by atoms with Crippen LogP contribution in [0.1, 0.15) is 18.9 Å². The quantitative estimate of drug-likeness (QED) is 0.471. The standard InChI is InChI=1S/C21H28FN5O/c1-3-5-15(10-11-23)19-20(16-6-8-17(22)9-7-16)25-26-21(19)27(13-12-24)14-18(28)4-2/h3,5-11,18,28H,1,4,12-14,23-24H2,2H3,(H,25,26)/b11-10-,15-5+. The lowest BCUT2D eigenvalue weighted by Crippen LogP contribution is -2.36. The zero-order chi connectivity index (χ0) is 20.5. The monoisotopic (exact) mass is 385 g/mol. The summed E-state index contributed by atoms with van der Waals surface area (Å²) in [5.74, 6) is 0.327. The number of nitrogens with two attached hydrogens (primary N) is 2. The van der Waals surface area contributed by atoms with E-state index in [0.29, 0.717) is 37.6 Å². The second-order valence-corrected chi connectivity index (χ2v) is 6.32. The molecule has 1 aromatic carbocycles. The number of rotatable bonds is 10. The number of allylic oxidation sites excluding steroid dienone is 4. The molecule has 2 rings (SSSR count). The second kappa shape index (κ2) is 10.4. The highest BCUT2D eigenvalue weighted by Gasteiger charge is 2.23. The van der Waals surface area contributed by atoms with E-state index in [1.807, 2.05) is 17.9 Å². The van der Waals surface area contributed by atoms with E-state index in [1.165, 1.54) is 18.3 Å². The van der Waals surface area contributed by atoms with Gasteiger partial charge in [-0.1, -0.05) is 25.7 Å². The zero-order valence-electron chi connectivity index (χ0n) is 16.1. The third-order valence-electron chi connectivity index (χ3n) is 4.34. The molecule has 6 nitrogen and oxygen atoms in total. The van der Waals surface area contributed by atoms with Crippen molar-refractivity contribution in [3.8, 4) is 11.3 Å². The molecule has 0 saturated carbocycles. The predicted molar refractivity (Wildman–Crippen MR) is 113 cm³/mol. The maximum atomic E-state index is 13.4. The minimum Gasteiger partial charge on any atom is -0.405 e. The van der Waals surface area contributed by atoms with E-state index < -0.39 is 6.10 Å². The van der Waals surface area contributed by atoms with Crippen LogP contribution in [-0.4, -0.2) is 41.0 Å². The van der Waals surface area contributed by atoms with Crippen molar-refractivity contribution in [3.63, 3.8) is 0 Å². The van der Waals surface area contributed by atoms with E-state index in [9.17, 15) is 9.50 Å². The van der Waals surface area contributed by atoms with Crippen molar-refractivity contribution in [2.24, 2.45) is 11.5 Å². The van der Waals surface area contributed by atoms with Crippen molar-refractivity contribution in [2.75, 3.05) is 24.5 Å². The van der Waals surface area contributed by atoms with Crippen LogP contribution in [0.25, 0.3) is 16.8 Å². The highest BCUT2D eigenvalue weighted by molar-refractivity contribution is 5.90. The number of nitrogens with zero attached hydrogens (tertiary/aromatic N) is 2. The van der Waals surface area contributed by atoms with Crippen molar-refractivity contribution in [1.82, 2.24) is 10.2 Å². The fourth-order valence-corrected chi connectivity index (χ4v) is 2.94. The molecule has 0 bridgehead atoms. The van der Waals surface area contributed by atoms with Crippen LogP contribution in [0, 0.1) is 5.82 Å². The lowest BCUT2D eigenvalue weighted by Gasteiger charge is -2.25. The van der Waals surface area contributed by atoms with Crippen LogP contribution < -0.4 is 16.4 Å². The molecule has 0 aliphatic carbocycles. The maximum absolute atomic E-state index is 13.4. The Labute approximate surface area is 165 Å². The fourth-order valence-electron chi connectivity index (χ4n) is 2.94. The van der Waals surface area contributed by atoms with Crippen molar-refractivity contribution in [1.29, 1.82) is 0 Å². The fraction of sp³-hybridized carbons (Fsp3) is 0.286. The highest BCUT2D eigenvalue weighted by atomic mass is 19.1. The van der Waals surface area contributed by atoms with Crippen molar-refractivity contribution < 1.29 is 9.50 Å². The van der Waals surface area contributed by atoms with Gasteiger partial charge in [-0.25, -0.2) is 4.39 Å². The molecule has 1 heterocycles. The summed E-state index contributed by atoms with van der Waals surface area (Å²) in [6.07, 6.45) is 6.77. The number of hydrogen-bond donors (Lipinski definition) is 4. The first kappa shape index (κ1) is 21.4. The van der Waals surface area contributed by atoms with Crippen molar-refractivity contribution >= 4 is 11.4 Å². The van der Waals surface area contributed by atoms with Crippen LogP contribution in [0.3, 0.4) is 0 Å². The molecule has 0 radical (unpaired) electrons. The first-order valence-corrected chi connectivity index (χ1v) is 9.24. The second-order valence-electron chi connectivity index (χ2n) is 6.32. The Kier molecular flexibility index (Phi) is 7.98. The Hall–Kier alpha value is -2.90. The predicted octanol–water partition coefficient (Wildman–Crippen LogP) is 2.79. The summed E-state index contributed by atoms with van der Waals surface area (Å²) in [6.45, 7) is 7.01. The Morgan fingerprint density at radius 2 is 2.11 bits per heavy atom. The van der Waals surface area contributed by atoms with Gasteiger partial charge in [0.15, 0.2) is 5.82 Å². The van der Waals surface area contributed by atoms with Crippen LogP contribution in [0.15, 0.2) is 55.3 Å². The van der Waals surface area contributed by atoms with Crippen molar-refractivity contribution in [3.05, 3.63) is 66.7 Å². The Bertz CT molecular complexity index is 826. The average molecular weight is 385 g/mol. The first-order chi connectivity index (χ1) is 13.5.